The molecule has 0 aliphatic rings. The number of rotatable bonds is 5. The summed E-state index contributed by atoms with van der Waals surface area (Å²) < 4.78 is 26.5. The van der Waals surface area contributed by atoms with Crippen molar-refractivity contribution in [2.45, 2.75) is 13.0 Å². The average molecular weight is 378 g/mol. The van der Waals surface area contributed by atoms with Crippen LogP contribution >= 0.6 is 15.9 Å². The first-order chi connectivity index (χ1) is 11.0. The van der Waals surface area contributed by atoms with E-state index in [-0.39, 0.29) is 30.5 Å². The minimum Gasteiger partial charge on any atom is -0.327 e. The fraction of sp³-hybridized carbons (Fsp3) is 0.167. The van der Waals surface area contributed by atoms with Crippen LogP contribution in [-0.2, 0) is 17.8 Å². The van der Waals surface area contributed by atoms with E-state index >= 15 is 0 Å². The van der Waals surface area contributed by atoms with Crippen molar-refractivity contribution in [2.75, 3.05) is 6.54 Å². The standard InChI is InChI=1S/C18H14BrF2NO/c1-2-9-22(12-13-3-6-15(20)7-4-13)18(23)11-14-5-8-17(21)16(19)10-14/h1,3-8,10H,9,11-12H2. The molecule has 2 aromatic carbocycles. The lowest BCUT2D eigenvalue weighted by atomic mass is 10.1. The van der Waals surface area contributed by atoms with Crippen molar-refractivity contribution >= 4 is 21.8 Å². The fourth-order valence-corrected chi connectivity index (χ4v) is 2.51. The van der Waals surface area contributed by atoms with Crippen LogP contribution in [0.5, 0.6) is 0 Å². The lowest BCUT2D eigenvalue weighted by Crippen LogP contribution is -2.32. The molecule has 0 atom stereocenters. The molecule has 0 aromatic heterocycles. The molecule has 0 N–H and O–H groups in total. The largest absolute Gasteiger partial charge is 0.327 e. The third-order valence-electron chi connectivity index (χ3n) is 3.26. The Balaban J connectivity index is 2.10. The summed E-state index contributed by atoms with van der Waals surface area (Å²) in [6.45, 7) is 0.449. The number of hydrogen-bond acceptors (Lipinski definition) is 1. The van der Waals surface area contributed by atoms with E-state index in [1.165, 1.54) is 23.1 Å². The van der Waals surface area contributed by atoms with Gasteiger partial charge >= 0.3 is 0 Å². The molecule has 2 nitrogen and oxygen atoms in total. The third-order valence-corrected chi connectivity index (χ3v) is 3.87. The Morgan fingerprint density at radius 3 is 2.39 bits per heavy atom. The molecular formula is C18H14BrF2NO. The van der Waals surface area contributed by atoms with Crippen LogP contribution in [0.2, 0.25) is 0 Å². The van der Waals surface area contributed by atoms with Crippen LogP contribution < -0.4 is 0 Å². The van der Waals surface area contributed by atoms with Crippen molar-refractivity contribution in [3.05, 3.63) is 69.7 Å². The van der Waals surface area contributed by atoms with Gasteiger partial charge in [-0.2, -0.15) is 0 Å². The van der Waals surface area contributed by atoms with Crippen LogP contribution in [0.25, 0.3) is 0 Å². The smallest absolute Gasteiger partial charge is 0.228 e. The van der Waals surface area contributed by atoms with Gasteiger partial charge in [0.25, 0.3) is 0 Å². The molecule has 0 fully saturated rings. The van der Waals surface area contributed by atoms with Crippen molar-refractivity contribution in [3.63, 3.8) is 0 Å². The highest BCUT2D eigenvalue weighted by Gasteiger charge is 2.14. The first-order valence-corrected chi connectivity index (χ1v) is 7.68. The van der Waals surface area contributed by atoms with E-state index in [0.29, 0.717) is 16.6 Å². The van der Waals surface area contributed by atoms with Crippen LogP contribution in [0, 0.1) is 24.0 Å². The summed E-state index contributed by atoms with van der Waals surface area (Å²) in [5.41, 5.74) is 1.47. The Labute approximate surface area is 142 Å². The molecule has 1 amide bonds. The fourth-order valence-electron chi connectivity index (χ4n) is 2.09. The van der Waals surface area contributed by atoms with Gasteiger partial charge in [0.05, 0.1) is 17.4 Å². The predicted octanol–water partition coefficient (Wildman–Crippen LogP) is 3.93. The first-order valence-electron chi connectivity index (χ1n) is 6.89. The number of amides is 1. The summed E-state index contributed by atoms with van der Waals surface area (Å²) >= 11 is 3.10. The highest BCUT2D eigenvalue weighted by molar-refractivity contribution is 9.10. The van der Waals surface area contributed by atoms with Crippen LogP contribution in [0.3, 0.4) is 0 Å². The van der Waals surface area contributed by atoms with Gasteiger partial charge in [0.15, 0.2) is 0 Å². The normalized spacial score (nSPS) is 10.2. The molecule has 0 unspecified atom stereocenters. The zero-order valence-electron chi connectivity index (χ0n) is 12.2. The van der Waals surface area contributed by atoms with Crippen LogP contribution in [0.1, 0.15) is 11.1 Å². The van der Waals surface area contributed by atoms with E-state index in [4.69, 9.17) is 6.42 Å². The Morgan fingerprint density at radius 2 is 1.78 bits per heavy atom. The lowest BCUT2D eigenvalue weighted by molar-refractivity contribution is -0.130. The van der Waals surface area contributed by atoms with E-state index in [1.54, 1.807) is 24.3 Å². The number of hydrogen-bond donors (Lipinski definition) is 0. The average Bonchev–Trinajstić information content (AvgIpc) is 2.52. The number of benzene rings is 2. The van der Waals surface area contributed by atoms with E-state index in [2.05, 4.69) is 21.9 Å². The molecule has 23 heavy (non-hydrogen) atoms. The maximum absolute atomic E-state index is 13.2. The Bertz CT molecular complexity index is 738. The molecule has 2 aromatic rings. The van der Waals surface area contributed by atoms with Gasteiger partial charge in [-0.15, -0.1) is 6.42 Å². The quantitative estimate of drug-likeness (QED) is 0.722. The number of carbonyl (C=O) groups is 1. The molecule has 0 saturated carbocycles. The van der Waals surface area contributed by atoms with Gasteiger partial charge in [0.1, 0.15) is 11.6 Å². The second-order valence-corrected chi connectivity index (χ2v) is 5.86. The van der Waals surface area contributed by atoms with Gasteiger partial charge < -0.3 is 4.90 Å². The van der Waals surface area contributed by atoms with E-state index in [1.807, 2.05) is 0 Å². The van der Waals surface area contributed by atoms with Crippen molar-refractivity contribution in [1.82, 2.24) is 4.90 Å². The molecule has 0 heterocycles. The van der Waals surface area contributed by atoms with Crippen LogP contribution in [-0.4, -0.2) is 17.4 Å². The zero-order valence-corrected chi connectivity index (χ0v) is 13.8. The second kappa shape index (κ2) is 7.89. The maximum atomic E-state index is 13.2. The van der Waals surface area contributed by atoms with Gasteiger partial charge in [-0.1, -0.05) is 24.1 Å². The van der Waals surface area contributed by atoms with Crippen molar-refractivity contribution in [1.29, 1.82) is 0 Å². The minimum atomic E-state index is -0.381. The second-order valence-electron chi connectivity index (χ2n) is 5.01. The van der Waals surface area contributed by atoms with Crippen molar-refractivity contribution < 1.29 is 13.6 Å². The summed E-state index contributed by atoms with van der Waals surface area (Å²) in [7, 11) is 0. The molecule has 0 aliphatic heterocycles. The number of nitrogens with zero attached hydrogens (tertiary/aromatic N) is 1. The summed E-state index contributed by atoms with van der Waals surface area (Å²) in [4.78, 5) is 13.9. The van der Waals surface area contributed by atoms with Gasteiger partial charge in [0, 0.05) is 6.54 Å². The van der Waals surface area contributed by atoms with Gasteiger partial charge in [0.2, 0.25) is 5.91 Å². The number of carbonyl (C=O) groups excluding carboxylic acids is 1. The van der Waals surface area contributed by atoms with E-state index in [9.17, 15) is 13.6 Å². The SMILES string of the molecule is C#CCN(Cc1ccc(F)cc1)C(=O)Cc1ccc(F)c(Br)c1. The minimum absolute atomic E-state index is 0.113. The van der Waals surface area contributed by atoms with Crippen LogP contribution in [0.15, 0.2) is 46.9 Å². The summed E-state index contributed by atoms with van der Waals surface area (Å²) in [5, 5.41) is 0. The van der Waals surface area contributed by atoms with Gasteiger partial charge in [-0.05, 0) is 51.3 Å². The summed E-state index contributed by atoms with van der Waals surface area (Å²) in [5.74, 6) is 1.56. The highest BCUT2D eigenvalue weighted by atomic mass is 79.9. The van der Waals surface area contributed by atoms with Crippen molar-refractivity contribution in [2.24, 2.45) is 0 Å². The van der Waals surface area contributed by atoms with E-state index < -0.39 is 0 Å². The van der Waals surface area contributed by atoms with Crippen molar-refractivity contribution in [3.8, 4) is 12.3 Å². The van der Waals surface area contributed by atoms with Gasteiger partial charge in [-0.3, -0.25) is 4.79 Å². The molecule has 0 saturated heterocycles. The third kappa shape index (κ3) is 4.90. The molecule has 118 valence electrons. The summed E-state index contributed by atoms with van der Waals surface area (Å²) in [6, 6.07) is 10.3. The van der Waals surface area contributed by atoms with Gasteiger partial charge in [-0.25, -0.2) is 8.78 Å². The molecule has 0 radical (unpaired) electrons. The Kier molecular flexibility index (Phi) is 5.89. The molecule has 2 rings (SSSR count). The number of halogens is 3. The molecule has 0 aliphatic carbocycles. The topological polar surface area (TPSA) is 20.3 Å². The molecule has 5 heteroatoms. The Hall–Kier alpha value is -2.19. The summed E-state index contributed by atoms with van der Waals surface area (Å²) in [6.07, 6.45) is 5.43. The predicted molar refractivity (Wildman–Crippen MR) is 88.5 cm³/mol. The highest BCUT2D eigenvalue weighted by Crippen LogP contribution is 2.18. The lowest BCUT2D eigenvalue weighted by Gasteiger charge is -2.20. The Morgan fingerprint density at radius 1 is 1.13 bits per heavy atom. The maximum Gasteiger partial charge on any atom is 0.228 e. The van der Waals surface area contributed by atoms with E-state index in [0.717, 1.165) is 5.56 Å². The van der Waals surface area contributed by atoms with Crippen LogP contribution in [0.4, 0.5) is 8.78 Å². The number of terminal acetylenes is 1. The molecule has 0 bridgehead atoms. The zero-order chi connectivity index (χ0) is 16.8. The first kappa shape index (κ1) is 17.2. The molecular weight excluding hydrogens is 364 g/mol. The monoisotopic (exact) mass is 377 g/mol. The molecule has 0 spiro atoms.